The number of benzene rings is 2. The third-order valence-electron chi connectivity index (χ3n) is 6.09. The monoisotopic (exact) mass is 476 g/mol. The number of alkyl carbamates (subject to hydrolysis) is 1. The van der Waals surface area contributed by atoms with E-state index in [1.807, 2.05) is 31.2 Å². The van der Waals surface area contributed by atoms with Crippen LogP contribution in [0.15, 0.2) is 54.6 Å². The van der Waals surface area contributed by atoms with Gasteiger partial charge in [0.05, 0.1) is 12.2 Å². The van der Waals surface area contributed by atoms with Gasteiger partial charge in [0.15, 0.2) is 0 Å². The molecule has 2 aromatic carbocycles. The fourth-order valence-corrected chi connectivity index (χ4v) is 4.37. The van der Waals surface area contributed by atoms with Crippen molar-refractivity contribution in [1.29, 1.82) is 0 Å². The average molecular weight is 477 g/mol. The van der Waals surface area contributed by atoms with E-state index in [0.29, 0.717) is 5.69 Å². The van der Waals surface area contributed by atoms with Crippen LogP contribution >= 0.6 is 0 Å². The molecule has 2 amide bonds. The van der Waals surface area contributed by atoms with E-state index in [-0.39, 0.29) is 49.6 Å². The molecule has 0 bridgehead atoms. The van der Waals surface area contributed by atoms with Gasteiger partial charge in [0, 0.05) is 25.9 Å². The number of fused-ring (bicyclic) bond motifs is 3. The summed E-state index contributed by atoms with van der Waals surface area (Å²) in [5.41, 5.74) is 5.14. The quantitative estimate of drug-likeness (QED) is 0.436. The lowest BCUT2D eigenvalue weighted by atomic mass is 9.98. The first-order valence-corrected chi connectivity index (χ1v) is 11.4. The summed E-state index contributed by atoms with van der Waals surface area (Å²) in [5.74, 6) is -1.42. The number of hydrogen-bond donors (Lipinski definition) is 3. The molecule has 1 aliphatic carbocycles. The fourth-order valence-electron chi connectivity index (χ4n) is 4.37. The predicted molar refractivity (Wildman–Crippen MR) is 129 cm³/mol. The van der Waals surface area contributed by atoms with Gasteiger partial charge in [0.2, 0.25) is 5.91 Å². The number of carbonyl (C=O) groups is 3. The Bertz CT molecular complexity index is 1210. The highest BCUT2D eigenvalue weighted by atomic mass is 16.5. The van der Waals surface area contributed by atoms with Gasteiger partial charge in [-0.2, -0.15) is 5.10 Å². The standard InChI is InChI=1S/C26H28N4O5/c1-16(11-24(31)27-14-17-12-23(25(32)33)30(2)29-17)13-28-26(34)35-15-22-20-9-5-3-7-18(20)19-8-4-6-10-21(19)22/h3-10,12,16,22H,11,13-15H2,1-2H3,(H,27,31)(H,28,34)(H,32,33). The summed E-state index contributed by atoms with van der Waals surface area (Å²) in [6, 6.07) is 17.7. The summed E-state index contributed by atoms with van der Waals surface area (Å²) in [5, 5.41) is 18.6. The molecule has 4 rings (SSSR count). The van der Waals surface area contributed by atoms with E-state index in [1.165, 1.54) is 28.9 Å². The summed E-state index contributed by atoms with van der Waals surface area (Å²) in [6.07, 6.45) is -0.323. The van der Waals surface area contributed by atoms with Gasteiger partial charge < -0.3 is 20.5 Å². The van der Waals surface area contributed by atoms with Crippen LogP contribution in [0.25, 0.3) is 11.1 Å². The van der Waals surface area contributed by atoms with Crippen molar-refractivity contribution in [2.45, 2.75) is 25.8 Å². The minimum absolute atomic E-state index is 0.00964. The number of rotatable bonds is 9. The summed E-state index contributed by atoms with van der Waals surface area (Å²) < 4.78 is 6.78. The molecule has 0 saturated carbocycles. The van der Waals surface area contributed by atoms with E-state index in [2.05, 4.69) is 40.0 Å². The van der Waals surface area contributed by atoms with Gasteiger partial charge >= 0.3 is 12.1 Å². The molecule has 1 aromatic heterocycles. The molecular weight excluding hydrogens is 448 g/mol. The molecule has 9 heteroatoms. The van der Waals surface area contributed by atoms with Crippen LogP contribution < -0.4 is 10.6 Å². The van der Waals surface area contributed by atoms with Crippen LogP contribution in [0.2, 0.25) is 0 Å². The minimum Gasteiger partial charge on any atom is -0.477 e. The highest BCUT2D eigenvalue weighted by Gasteiger charge is 2.29. The Hall–Kier alpha value is -4.14. The maximum Gasteiger partial charge on any atom is 0.407 e. The van der Waals surface area contributed by atoms with Crippen molar-refractivity contribution >= 4 is 18.0 Å². The van der Waals surface area contributed by atoms with Gasteiger partial charge in [0.1, 0.15) is 12.3 Å². The maximum atomic E-state index is 12.3. The number of aryl methyl sites for hydroxylation is 1. The van der Waals surface area contributed by atoms with E-state index < -0.39 is 12.1 Å². The van der Waals surface area contributed by atoms with Crippen molar-refractivity contribution in [3.63, 3.8) is 0 Å². The number of aromatic carboxylic acids is 1. The molecule has 1 aliphatic rings. The molecule has 1 unspecified atom stereocenters. The number of carbonyl (C=O) groups excluding carboxylic acids is 2. The van der Waals surface area contributed by atoms with E-state index in [4.69, 9.17) is 9.84 Å². The van der Waals surface area contributed by atoms with Gasteiger partial charge in [-0.25, -0.2) is 9.59 Å². The molecule has 0 spiro atoms. The van der Waals surface area contributed by atoms with Gasteiger partial charge in [-0.05, 0) is 34.2 Å². The molecule has 3 N–H and O–H groups in total. The Morgan fingerprint density at radius 1 is 1.06 bits per heavy atom. The van der Waals surface area contributed by atoms with Gasteiger partial charge in [-0.15, -0.1) is 0 Å². The first-order valence-electron chi connectivity index (χ1n) is 11.4. The Labute approximate surface area is 203 Å². The van der Waals surface area contributed by atoms with Crippen molar-refractivity contribution in [2.24, 2.45) is 13.0 Å². The largest absolute Gasteiger partial charge is 0.477 e. The van der Waals surface area contributed by atoms with Gasteiger partial charge in [-0.1, -0.05) is 55.5 Å². The number of carboxylic acids is 1. The Morgan fingerprint density at radius 2 is 1.69 bits per heavy atom. The topological polar surface area (TPSA) is 123 Å². The fraction of sp³-hybridized carbons (Fsp3) is 0.308. The molecule has 9 nitrogen and oxygen atoms in total. The summed E-state index contributed by atoms with van der Waals surface area (Å²) in [6.45, 7) is 2.51. The lowest BCUT2D eigenvalue weighted by Crippen LogP contribution is -2.32. The number of amides is 2. The zero-order chi connectivity index (χ0) is 24.9. The van der Waals surface area contributed by atoms with Crippen molar-refractivity contribution in [1.82, 2.24) is 20.4 Å². The number of aromatic nitrogens is 2. The highest BCUT2D eigenvalue weighted by Crippen LogP contribution is 2.44. The average Bonchev–Trinajstić information content (AvgIpc) is 3.38. The van der Waals surface area contributed by atoms with Gasteiger partial charge in [0.25, 0.3) is 0 Å². The molecular formula is C26H28N4O5. The van der Waals surface area contributed by atoms with Crippen LogP contribution in [-0.4, -0.2) is 46.0 Å². The molecule has 3 aromatic rings. The van der Waals surface area contributed by atoms with Crippen LogP contribution in [0.3, 0.4) is 0 Å². The highest BCUT2D eigenvalue weighted by molar-refractivity contribution is 5.85. The van der Waals surface area contributed by atoms with Crippen molar-refractivity contribution in [3.8, 4) is 11.1 Å². The first-order chi connectivity index (χ1) is 16.8. The number of carboxylic acid groups (broad SMARTS) is 1. The van der Waals surface area contributed by atoms with Crippen molar-refractivity contribution in [3.05, 3.63) is 77.1 Å². The smallest absolute Gasteiger partial charge is 0.407 e. The molecule has 182 valence electrons. The van der Waals surface area contributed by atoms with Crippen LogP contribution in [0.4, 0.5) is 4.79 Å². The first kappa shape index (κ1) is 24.0. The minimum atomic E-state index is -1.08. The summed E-state index contributed by atoms with van der Waals surface area (Å²) in [7, 11) is 1.53. The zero-order valence-electron chi connectivity index (χ0n) is 19.7. The molecule has 0 aliphatic heterocycles. The van der Waals surface area contributed by atoms with Crippen LogP contribution in [0.5, 0.6) is 0 Å². The van der Waals surface area contributed by atoms with E-state index in [0.717, 1.165) is 11.1 Å². The maximum absolute atomic E-state index is 12.3. The van der Waals surface area contributed by atoms with E-state index >= 15 is 0 Å². The molecule has 0 fully saturated rings. The third-order valence-corrected chi connectivity index (χ3v) is 6.09. The molecule has 0 radical (unpaired) electrons. The summed E-state index contributed by atoms with van der Waals surface area (Å²) in [4.78, 5) is 35.6. The Balaban J connectivity index is 1.21. The molecule has 0 saturated heterocycles. The third kappa shape index (κ3) is 5.51. The molecule has 1 heterocycles. The number of nitrogens with one attached hydrogen (secondary N) is 2. The van der Waals surface area contributed by atoms with E-state index in [1.54, 1.807) is 0 Å². The number of nitrogens with zero attached hydrogens (tertiary/aromatic N) is 2. The second kappa shape index (κ2) is 10.4. The lowest BCUT2D eigenvalue weighted by molar-refractivity contribution is -0.122. The lowest BCUT2D eigenvalue weighted by Gasteiger charge is -2.16. The molecule has 1 atom stereocenters. The van der Waals surface area contributed by atoms with Gasteiger partial charge in [-0.3, -0.25) is 9.48 Å². The molecule has 35 heavy (non-hydrogen) atoms. The Morgan fingerprint density at radius 3 is 2.29 bits per heavy atom. The second-order valence-corrected chi connectivity index (χ2v) is 8.74. The van der Waals surface area contributed by atoms with Crippen molar-refractivity contribution < 1.29 is 24.2 Å². The second-order valence-electron chi connectivity index (χ2n) is 8.74. The SMILES string of the molecule is CC(CNC(=O)OCC1c2ccccc2-c2ccccc21)CC(=O)NCc1cc(C(=O)O)n(C)n1. The van der Waals surface area contributed by atoms with E-state index in [9.17, 15) is 14.4 Å². The van der Waals surface area contributed by atoms with Crippen LogP contribution in [0, 0.1) is 5.92 Å². The number of hydrogen-bond acceptors (Lipinski definition) is 5. The summed E-state index contributed by atoms with van der Waals surface area (Å²) >= 11 is 0. The Kier molecular flexibility index (Phi) is 7.14. The van der Waals surface area contributed by atoms with Crippen molar-refractivity contribution in [2.75, 3.05) is 13.2 Å². The van der Waals surface area contributed by atoms with Crippen LogP contribution in [0.1, 0.15) is 46.6 Å². The van der Waals surface area contributed by atoms with Crippen LogP contribution in [-0.2, 0) is 23.1 Å². The zero-order valence-corrected chi connectivity index (χ0v) is 19.7. The number of ether oxygens (including phenoxy) is 1. The normalized spacial score (nSPS) is 13.0. The predicted octanol–water partition coefficient (Wildman–Crippen LogP) is 3.30.